The van der Waals surface area contributed by atoms with Gasteiger partial charge in [-0.1, -0.05) is 24.4 Å². The van der Waals surface area contributed by atoms with Gasteiger partial charge in [-0.05, 0) is 38.0 Å². The Morgan fingerprint density at radius 1 is 1.33 bits per heavy atom. The van der Waals surface area contributed by atoms with E-state index >= 15 is 0 Å². The first-order valence-corrected chi connectivity index (χ1v) is 7.62. The number of halogens is 2. The Morgan fingerprint density at radius 3 is 2.76 bits per heavy atom. The zero-order chi connectivity index (χ0) is 15.4. The highest BCUT2D eigenvalue weighted by molar-refractivity contribution is 6.30. The minimum absolute atomic E-state index is 0.00250. The van der Waals surface area contributed by atoms with Gasteiger partial charge in [-0.3, -0.25) is 9.59 Å². The van der Waals surface area contributed by atoms with Gasteiger partial charge in [0.2, 0.25) is 0 Å². The number of nitrogens with zero attached hydrogens (tertiary/aromatic N) is 1. The maximum absolute atomic E-state index is 13.5. The summed E-state index contributed by atoms with van der Waals surface area (Å²) in [5.41, 5.74) is 0.285. The third-order valence-electron chi connectivity index (χ3n) is 3.83. The predicted octanol–water partition coefficient (Wildman–Crippen LogP) is 3.84. The zero-order valence-electron chi connectivity index (χ0n) is 12.1. The van der Waals surface area contributed by atoms with Crippen molar-refractivity contribution in [3.8, 4) is 0 Å². The van der Waals surface area contributed by atoms with Gasteiger partial charge < -0.3 is 4.90 Å². The number of benzene rings is 1. The topological polar surface area (TPSA) is 37.4 Å². The number of ketones is 1. The van der Waals surface area contributed by atoms with Gasteiger partial charge in [-0.15, -0.1) is 0 Å². The SMILES string of the molecule is CC(=O)CC1CCCCCN1C(=O)c1ccc(Cl)c(F)c1. The molecule has 5 heteroatoms. The summed E-state index contributed by atoms with van der Waals surface area (Å²) in [5.74, 6) is -0.749. The molecule has 0 saturated carbocycles. The second-order valence-corrected chi connectivity index (χ2v) is 5.94. The minimum atomic E-state index is -0.597. The van der Waals surface area contributed by atoms with Gasteiger partial charge in [0.1, 0.15) is 11.6 Å². The van der Waals surface area contributed by atoms with E-state index in [4.69, 9.17) is 11.6 Å². The molecule has 0 N–H and O–H groups in total. The summed E-state index contributed by atoms with van der Waals surface area (Å²) in [7, 11) is 0. The fraction of sp³-hybridized carbons (Fsp3) is 0.500. The van der Waals surface area contributed by atoms with Crippen LogP contribution in [0.15, 0.2) is 18.2 Å². The molecule has 1 heterocycles. The van der Waals surface area contributed by atoms with Crippen LogP contribution in [0.25, 0.3) is 0 Å². The number of hydrogen-bond acceptors (Lipinski definition) is 2. The minimum Gasteiger partial charge on any atom is -0.335 e. The molecule has 114 valence electrons. The summed E-state index contributed by atoms with van der Waals surface area (Å²) in [5, 5.41) is 0.00250. The number of rotatable bonds is 3. The van der Waals surface area contributed by atoms with Crippen molar-refractivity contribution in [1.82, 2.24) is 4.90 Å². The van der Waals surface area contributed by atoms with Crippen molar-refractivity contribution in [2.75, 3.05) is 6.54 Å². The quantitative estimate of drug-likeness (QED) is 0.850. The largest absolute Gasteiger partial charge is 0.335 e. The maximum atomic E-state index is 13.5. The van der Waals surface area contributed by atoms with Crippen molar-refractivity contribution in [2.24, 2.45) is 0 Å². The molecule has 1 fully saturated rings. The first-order valence-electron chi connectivity index (χ1n) is 7.24. The lowest BCUT2D eigenvalue weighted by atomic mass is 10.0. The highest BCUT2D eigenvalue weighted by Crippen LogP contribution is 2.23. The summed E-state index contributed by atoms with van der Waals surface area (Å²) in [6.07, 6.45) is 4.16. The highest BCUT2D eigenvalue weighted by atomic mass is 35.5. The first-order chi connectivity index (χ1) is 9.99. The first kappa shape index (κ1) is 16.0. The van der Waals surface area contributed by atoms with Crippen LogP contribution in [0.4, 0.5) is 4.39 Å². The summed E-state index contributed by atoms with van der Waals surface area (Å²) < 4.78 is 13.5. The molecule has 0 aliphatic carbocycles. The number of Topliss-reactive ketones (excluding diaryl/α,β-unsaturated/α-hetero) is 1. The van der Waals surface area contributed by atoms with Crippen LogP contribution in [0.5, 0.6) is 0 Å². The molecule has 1 saturated heterocycles. The summed E-state index contributed by atoms with van der Waals surface area (Å²) in [6.45, 7) is 2.15. The van der Waals surface area contributed by atoms with Crippen molar-refractivity contribution in [2.45, 2.75) is 45.1 Å². The second-order valence-electron chi connectivity index (χ2n) is 5.54. The molecular formula is C16H19ClFNO2. The molecule has 1 unspecified atom stereocenters. The zero-order valence-corrected chi connectivity index (χ0v) is 12.8. The van der Waals surface area contributed by atoms with Crippen molar-refractivity contribution < 1.29 is 14.0 Å². The molecule has 3 nitrogen and oxygen atoms in total. The van der Waals surface area contributed by atoms with Crippen molar-refractivity contribution in [3.63, 3.8) is 0 Å². The molecule has 1 aromatic rings. The molecule has 2 rings (SSSR count). The molecule has 1 aliphatic heterocycles. The molecule has 1 amide bonds. The maximum Gasteiger partial charge on any atom is 0.254 e. The molecule has 0 radical (unpaired) electrons. The van der Waals surface area contributed by atoms with Crippen LogP contribution in [0.3, 0.4) is 0 Å². The van der Waals surface area contributed by atoms with Crippen LogP contribution in [0.1, 0.15) is 49.4 Å². The molecule has 1 aliphatic rings. The summed E-state index contributed by atoms with van der Waals surface area (Å²) in [4.78, 5) is 25.7. The molecule has 0 bridgehead atoms. The molecule has 0 aromatic heterocycles. The second kappa shape index (κ2) is 7.03. The molecular weight excluding hydrogens is 293 g/mol. The van der Waals surface area contributed by atoms with E-state index in [9.17, 15) is 14.0 Å². The number of hydrogen-bond donors (Lipinski definition) is 0. The summed E-state index contributed by atoms with van der Waals surface area (Å²) in [6, 6.07) is 4.00. The lowest BCUT2D eigenvalue weighted by Crippen LogP contribution is -2.41. The van der Waals surface area contributed by atoms with Crippen molar-refractivity contribution >= 4 is 23.3 Å². The lowest BCUT2D eigenvalue weighted by Gasteiger charge is -2.29. The average Bonchev–Trinajstić information content (AvgIpc) is 2.66. The van der Waals surface area contributed by atoms with Gasteiger partial charge >= 0.3 is 0 Å². The molecule has 0 spiro atoms. The van der Waals surface area contributed by atoms with E-state index in [-0.39, 0.29) is 28.3 Å². The van der Waals surface area contributed by atoms with E-state index < -0.39 is 5.82 Å². The smallest absolute Gasteiger partial charge is 0.254 e. The van der Waals surface area contributed by atoms with Crippen molar-refractivity contribution in [1.29, 1.82) is 0 Å². The van der Waals surface area contributed by atoms with Crippen LogP contribution in [-0.4, -0.2) is 29.2 Å². The Balaban J connectivity index is 2.23. The predicted molar refractivity (Wildman–Crippen MR) is 80.0 cm³/mol. The van der Waals surface area contributed by atoms with Crippen LogP contribution in [-0.2, 0) is 4.79 Å². The van der Waals surface area contributed by atoms with Gasteiger partial charge in [0.15, 0.2) is 0 Å². The molecule has 1 atom stereocenters. The monoisotopic (exact) mass is 311 g/mol. The fourth-order valence-electron chi connectivity index (χ4n) is 2.78. The third kappa shape index (κ3) is 4.03. The lowest BCUT2D eigenvalue weighted by molar-refractivity contribution is -0.118. The fourth-order valence-corrected chi connectivity index (χ4v) is 2.90. The van der Waals surface area contributed by atoms with Gasteiger partial charge in [0.05, 0.1) is 5.02 Å². The van der Waals surface area contributed by atoms with Gasteiger partial charge in [-0.2, -0.15) is 0 Å². The van der Waals surface area contributed by atoms with E-state index in [2.05, 4.69) is 0 Å². The van der Waals surface area contributed by atoms with Gasteiger partial charge in [-0.25, -0.2) is 4.39 Å². The van der Waals surface area contributed by atoms with Crippen molar-refractivity contribution in [3.05, 3.63) is 34.6 Å². The van der Waals surface area contributed by atoms with Gasteiger partial charge in [0, 0.05) is 24.6 Å². The molecule has 21 heavy (non-hydrogen) atoms. The van der Waals surface area contributed by atoms with E-state index in [1.807, 2.05) is 0 Å². The number of amides is 1. The number of carbonyl (C=O) groups excluding carboxylic acids is 2. The Hall–Kier alpha value is -1.42. The standard InChI is InChI=1S/C16H19ClFNO2/c1-11(20)9-13-5-3-2-4-8-19(13)16(21)12-6-7-14(17)15(18)10-12/h6-7,10,13H,2-5,8-9H2,1H3. The van der Waals surface area contributed by atoms with E-state index in [1.54, 1.807) is 4.90 Å². The van der Waals surface area contributed by atoms with E-state index in [0.717, 1.165) is 25.7 Å². The van der Waals surface area contributed by atoms with E-state index in [1.165, 1.54) is 25.1 Å². The normalized spacial score (nSPS) is 19.2. The Morgan fingerprint density at radius 2 is 2.10 bits per heavy atom. The Bertz CT molecular complexity index is 547. The van der Waals surface area contributed by atoms with Gasteiger partial charge in [0.25, 0.3) is 5.91 Å². The van der Waals surface area contributed by atoms with Crippen LogP contribution < -0.4 is 0 Å². The Kier molecular flexibility index (Phi) is 5.34. The average molecular weight is 312 g/mol. The van der Waals surface area contributed by atoms with Crippen LogP contribution in [0, 0.1) is 5.82 Å². The van der Waals surface area contributed by atoms with Crippen LogP contribution in [0.2, 0.25) is 5.02 Å². The van der Waals surface area contributed by atoms with Crippen LogP contribution >= 0.6 is 11.6 Å². The Labute approximate surface area is 129 Å². The summed E-state index contributed by atoms with van der Waals surface area (Å²) >= 11 is 5.65. The molecule has 1 aromatic carbocycles. The van der Waals surface area contributed by atoms with E-state index in [0.29, 0.717) is 13.0 Å². The number of carbonyl (C=O) groups is 2. The third-order valence-corrected chi connectivity index (χ3v) is 4.13. The highest BCUT2D eigenvalue weighted by Gasteiger charge is 2.27. The number of likely N-dealkylation sites (tertiary alicyclic amines) is 1.